The number of hydrogen-bond acceptors (Lipinski definition) is 5. The third kappa shape index (κ3) is 4.21. The van der Waals surface area contributed by atoms with Crippen LogP contribution < -0.4 is 10.1 Å². The Labute approximate surface area is 188 Å². The van der Waals surface area contributed by atoms with Gasteiger partial charge in [0.1, 0.15) is 29.5 Å². The molecule has 0 spiro atoms. The normalized spacial score (nSPS) is 11.1. The maximum atomic E-state index is 14.5. The number of aryl methyl sites for hydroxylation is 2. The maximum Gasteiger partial charge on any atom is 0.338 e. The Bertz CT molecular complexity index is 1340. The number of nitrogens with one attached hydrogen (secondary N) is 1. The van der Waals surface area contributed by atoms with Crippen LogP contribution in [0.3, 0.4) is 0 Å². The number of nitrogens with zero attached hydrogens (tertiary/aromatic N) is 3. The van der Waals surface area contributed by atoms with Crippen LogP contribution in [-0.4, -0.2) is 39.3 Å². The Balaban J connectivity index is 1.54. The third-order valence-electron chi connectivity index (χ3n) is 5.50. The zero-order chi connectivity index (χ0) is 23.7. The van der Waals surface area contributed by atoms with Crippen LogP contribution in [0.15, 0.2) is 42.7 Å². The van der Waals surface area contributed by atoms with Crippen molar-refractivity contribution in [2.45, 2.75) is 20.4 Å². The average Bonchev–Trinajstić information content (AvgIpc) is 3.10. The van der Waals surface area contributed by atoms with Gasteiger partial charge in [0.2, 0.25) is 0 Å². The number of anilines is 1. The van der Waals surface area contributed by atoms with Crippen LogP contribution in [0.2, 0.25) is 0 Å². The first-order chi connectivity index (χ1) is 15.8. The molecule has 0 bridgehead atoms. The lowest BCUT2D eigenvalue weighted by Crippen LogP contribution is -2.13. The molecule has 2 heterocycles. The predicted molar refractivity (Wildman–Crippen MR) is 121 cm³/mol. The number of aromatic nitrogens is 3. The van der Waals surface area contributed by atoms with Gasteiger partial charge in [-0.25, -0.2) is 23.5 Å². The van der Waals surface area contributed by atoms with Crippen LogP contribution in [0.4, 0.5) is 14.6 Å². The summed E-state index contributed by atoms with van der Waals surface area (Å²) in [4.78, 5) is 19.6. The Hall–Kier alpha value is -4.01. The number of aromatic carboxylic acids is 1. The van der Waals surface area contributed by atoms with Crippen LogP contribution in [-0.2, 0) is 6.54 Å². The summed E-state index contributed by atoms with van der Waals surface area (Å²) >= 11 is 0. The highest BCUT2D eigenvalue weighted by atomic mass is 19.1. The molecule has 0 aliphatic carbocycles. The Morgan fingerprint density at radius 2 is 1.91 bits per heavy atom. The second kappa shape index (κ2) is 8.85. The van der Waals surface area contributed by atoms with E-state index in [1.54, 1.807) is 25.3 Å². The first-order valence-corrected chi connectivity index (χ1v) is 10.2. The van der Waals surface area contributed by atoms with Crippen molar-refractivity contribution in [2.75, 3.05) is 19.0 Å². The fraction of sp³-hybridized carbons (Fsp3) is 0.208. The number of carboxylic acid groups (broad SMARTS) is 1. The number of fused-ring (bicyclic) bond motifs is 1. The van der Waals surface area contributed by atoms with E-state index < -0.39 is 11.8 Å². The van der Waals surface area contributed by atoms with Gasteiger partial charge >= 0.3 is 5.97 Å². The molecule has 2 N–H and O–H groups in total. The van der Waals surface area contributed by atoms with Crippen LogP contribution in [0.25, 0.3) is 22.2 Å². The fourth-order valence-electron chi connectivity index (χ4n) is 3.98. The number of hydrogen-bond donors (Lipinski definition) is 2. The summed E-state index contributed by atoms with van der Waals surface area (Å²) in [5.74, 6) is -1.35. The quantitative estimate of drug-likeness (QED) is 0.418. The van der Waals surface area contributed by atoms with E-state index in [0.717, 1.165) is 11.8 Å². The maximum absolute atomic E-state index is 14.5. The summed E-state index contributed by atoms with van der Waals surface area (Å²) in [5, 5.41) is 13.0. The minimum absolute atomic E-state index is 0.304. The Morgan fingerprint density at radius 3 is 2.61 bits per heavy atom. The van der Waals surface area contributed by atoms with E-state index >= 15 is 0 Å². The summed E-state index contributed by atoms with van der Waals surface area (Å²) in [6.45, 7) is 4.36. The van der Waals surface area contributed by atoms with E-state index in [1.807, 2.05) is 17.6 Å². The molecule has 9 heteroatoms. The minimum atomic E-state index is -1.32. The van der Waals surface area contributed by atoms with Crippen molar-refractivity contribution in [1.29, 1.82) is 0 Å². The number of halogens is 2. The van der Waals surface area contributed by atoms with Gasteiger partial charge in [0, 0.05) is 35.8 Å². The van der Waals surface area contributed by atoms with Gasteiger partial charge in [-0.2, -0.15) is 0 Å². The number of ether oxygens (including phenoxy) is 1. The SMILES string of the molecule is COc1ccc(F)c2c1cc(C)n2CCNc1cc(-c2cc(C)c(C(=O)O)c(F)c2)ncn1. The molecular formula is C24H22F2N4O3. The van der Waals surface area contributed by atoms with Gasteiger partial charge in [-0.05, 0) is 49.7 Å². The van der Waals surface area contributed by atoms with Gasteiger partial charge in [-0.1, -0.05) is 0 Å². The summed E-state index contributed by atoms with van der Waals surface area (Å²) < 4.78 is 36.0. The van der Waals surface area contributed by atoms with E-state index in [9.17, 15) is 13.6 Å². The molecule has 0 radical (unpaired) electrons. The minimum Gasteiger partial charge on any atom is -0.496 e. The molecule has 2 aromatic carbocycles. The first-order valence-electron chi connectivity index (χ1n) is 10.2. The summed E-state index contributed by atoms with van der Waals surface area (Å²) in [5.41, 5.74) is 2.21. The standard InChI is InChI=1S/C24H22F2N4O3/c1-13-8-15(10-18(26)22(13)24(31)32)19-11-21(29-12-28-19)27-6-7-30-14(2)9-16-20(33-3)5-4-17(25)23(16)30/h4-5,8-12H,6-7H2,1-3H3,(H,31,32)(H,27,28,29). The molecule has 0 atom stereocenters. The molecule has 170 valence electrons. The molecular weight excluding hydrogens is 430 g/mol. The molecule has 0 aliphatic rings. The lowest BCUT2D eigenvalue weighted by atomic mass is 10.0. The number of carboxylic acids is 1. The molecule has 0 aliphatic heterocycles. The zero-order valence-corrected chi connectivity index (χ0v) is 18.3. The predicted octanol–water partition coefficient (Wildman–Crippen LogP) is 4.81. The second-order valence-electron chi connectivity index (χ2n) is 7.62. The van der Waals surface area contributed by atoms with E-state index in [-0.39, 0.29) is 11.4 Å². The van der Waals surface area contributed by atoms with E-state index in [1.165, 1.54) is 19.3 Å². The molecule has 2 aromatic heterocycles. The highest BCUT2D eigenvalue weighted by Crippen LogP contribution is 2.31. The van der Waals surface area contributed by atoms with Crippen LogP contribution in [0, 0.1) is 25.5 Å². The van der Waals surface area contributed by atoms with E-state index in [4.69, 9.17) is 9.84 Å². The third-order valence-corrected chi connectivity index (χ3v) is 5.50. The molecule has 0 saturated carbocycles. The monoisotopic (exact) mass is 452 g/mol. The second-order valence-corrected chi connectivity index (χ2v) is 7.62. The first kappa shape index (κ1) is 22.2. The van der Waals surface area contributed by atoms with Crippen molar-refractivity contribution in [3.05, 3.63) is 71.2 Å². The summed E-state index contributed by atoms with van der Waals surface area (Å²) in [6, 6.07) is 9.25. The van der Waals surface area contributed by atoms with Crippen molar-refractivity contribution in [3.8, 4) is 17.0 Å². The van der Waals surface area contributed by atoms with Crippen molar-refractivity contribution in [2.24, 2.45) is 0 Å². The van der Waals surface area contributed by atoms with Crippen LogP contribution in [0.1, 0.15) is 21.6 Å². The Kier molecular flexibility index (Phi) is 5.95. The number of methoxy groups -OCH3 is 1. The van der Waals surface area contributed by atoms with Crippen molar-refractivity contribution in [3.63, 3.8) is 0 Å². The average molecular weight is 452 g/mol. The van der Waals surface area contributed by atoms with Crippen molar-refractivity contribution in [1.82, 2.24) is 14.5 Å². The van der Waals surface area contributed by atoms with Gasteiger partial charge in [0.15, 0.2) is 0 Å². The summed E-state index contributed by atoms with van der Waals surface area (Å²) in [7, 11) is 1.55. The van der Waals surface area contributed by atoms with Gasteiger partial charge in [-0.3, -0.25) is 0 Å². The molecule has 7 nitrogen and oxygen atoms in total. The van der Waals surface area contributed by atoms with E-state index in [2.05, 4.69) is 15.3 Å². The highest BCUT2D eigenvalue weighted by Gasteiger charge is 2.17. The van der Waals surface area contributed by atoms with Gasteiger partial charge in [-0.15, -0.1) is 0 Å². The lowest BCUT2D eigenvalue weighted by Gasteiger charge is -2.12. The van der Waals surface area contributed by atoms with E-state index in [0.29, 0.717) is 52.4 Å². The molecule has 0 unspecified atom stereocenters. The smallest absolute Gasteiger partial charge is 0.338 e. The van der Waals surface area contributed by atoms with Crippen LogP contribution >= 0.6 is 0 Å². The van der Waals surface area contributed by atoms with Gasteiger partial charge in [0.05, 0.1) is 23.9 Å². The molecule has 0 fully saturated rings. The molecule has 33 heavy (non-hydrogen) atoms. The Morgan fingerprint density at radius 1 is 1.12 bits per heavy atom. The fourth-order valence-corrected chi connectivity index (χ4v) is 3.98. The molecule has 0 amide bonds. The zero-order valence-electron chi connectivity index (χ0n) is 18.3. The topological polar surface area (TPSA) is 89.3 Å². The number of benzene rings is 2. The molecule has 0 saturated heterocycles. The highest BCUT2D eigenvalue weighted by molar-refractivity contribution is 5.90. The number of carbonyl (C=O) groups is 1. The summed E-state index contributed by atoms with van der Waals surface area (Å²) in [6.07, 6.45) is 1.34. The largest absolute Gasteiger partial charge is 0.496 e. The van der Waals surface area contributed by atoms with Crippen LogP contribution in [0.5, 0.6) is 5.75 Å². The number of rotatable bonds is 7. The molecule has 4 rings (SSSR count). The van der Waals surface area contributed by atoms with Crippen molar-refractivity contribution >= 4 is 22.7 Å². The van der Waals surface area contributed by atoms with Crippen molar-refractivity contribution < 1.29 is 23.4 Å². The lowest BCUT2D eigenvalue weighted by molar-refractivity contribution is 0.0691. The van der Waals surface area contributed by atoms with Gasteiger partial charge < -0.3 is 19.7 Å². The van der Waals surface area contributed by atoms with Gasteiger partial charge in [0.25, 0.3) is 0 Å². The molecule has 4 aromatic rings.